The van der Waals surface area contributed by atoms with Gasteiger partial charge in [-0.25, -0.2) is 9.97 Å². The van der Waals surface area contributed by atoms with E-state index in [0.29, 0.717) is 46.2 Å². The summed E-state index contributed by atoms with van der Waals surface area (Å²) in [6.45, 7) is 6.50. The van der Waals surface area contributed by atoms with Gasteiger partial charge in [-0.15, -0.1) is 0 Å². The number of morpholine rings is 1. The highest BCUT2D eigenvalue weighted by Gasteiger charge is 2.45. The number of nitrogens with one attached hydrogen (secondary N) is 2. The van der Waals surface area contributed by atoms with Crippen molar-refractivity contribution in [2.45, 2.75) is 51.4 Å². The highest BCUT2D eigenvalue weighted by Crippen LogP contribution is 2.51. The van der Waals surface area contributed by atoms with E-state index >= 15 is 0 Å². The van der Waals surface area contributed by atoms with Crippen LogP contribution in [-0.4, -0.2) is 49.5 Å². The number of methoxy groups -OCH3 is 1. The van der Waals surface area contributed by atoms with Crippen LogP contribution in [-0.2, 0) is 10.9 Å². The van der Waals surface area contributed by atoms with Crippen LogP contribution in [0, 0.1) is 12.3 Å². The Hall–Kier alpha value is -3.31. The Morgan fingerprint density at radius 2 is 1.97 bits per heavy atom. The Morgan fingerprint density at radius 1 is 1.18 bits per heavy atom. The van der Waals surface area contributed by atoms with Gasteiger partial charge in [-0.1, -0.05) is 0 Å². The summed E-state index contributed by atoms with van der Waals surface area (Å²) in [7, 11) is 1.58. The zero-order valence-electron chi connectivity index (χ0n) is 22.3. The molecule has 4 N–H and O–H groups in total. The van der Waals surface area contributed by atoms with Gasteiger partial charge in [0.2, 0.25) is 0 Å². The van der Waals surface area contributed by atoms with Gasteiger partial charge >= 0.3 is 6.18 Å². The number of hydrogen-bond acceptors (Lipinski definition) is 8. The first-order chi connectivity index (χ1) is 18.5. The van der Waals surface area contributed by atoms with Crippen molar-refractivity contribution in [1.29, 1.82) is 0 Å². The van der Waals surface area contributed by atoms with E-state index in [1.54, 1.807) is 27.0 Å². The lowest BCUT2D eigenvalue weighted by molar-refractivity contribution is -0.137. The largest absolute Gasteiger partial charge is 0.493 e. The molecular formula is C28H34F3N5O3. The summed E-state index contributed by atoms with van der Waals surface area (Å²) >= 11 is 0. The van der Waals surface area contributed by atoms with Crippen molar-refractivity contribution in [1.82, 2.24) is 15.3 Å². The highest BCUT2D eigenvalue weighted by molar-refractivity contribution is 5.92. The van der Waals surface area contributed by atoms with Crippen molar-refractivity contribution in [3.63, 3.8) is 0 Å². The quantitative estimate of drug-likeness (QED) is 0.313. The van der Waals surface area contributed by atoms with Gasteiger partial charge in [0.05, 0.1) is 43.5 Å². The number of ether oxygens (including phenoxy) is 3. The fraction of sp³-hybridized carbons (Fsp3) is 0.500. The second-order valence-electron chi connectivity index (χ2n) is 10.6. The van der Waals surface area contributed by atoms with E-state index in [9.17, 15) is 13.2 Å². The monoisotopic (exact) mass is 545 g/mol. The minimum absolute atomic E-state index is 0.0426. The third-order valence-electron chi connectivity index (χ3n) is 7.41. The Morgan fingerprint density at radius 3 is 2.64 bits per heavy atom. The van der Waals surface area contributed by atoms with Crippen LogP contribution < -0.4 is 25.8 Å². The molecule has 5 rings (SSSR count). The first-order valence-electron chi connectivity index (χ1n) is 13.1. The third-order valence-corrected chi connectivity index (χ3v) is 7.41. The van der Waals surface area contributed by atoms with Crippen molar-refractivity contribution in [3.05, 3.63) is 47.3 Å². The molecule has 2 atom stereocenters. The molecule has 2 aromatic carbocycles. The minimum atomic E-state index is -4.50. The summed E-state index contributed by atoms with van der Waals surface area (Å²) in [5.41, 5.74) is 6.14. The number of benzene rings is 2. The number of rotatable bonds is 9. The van der Waals surface area contributed by atoms with Gasteiger partial charge in [-0.3, -0.25) is 0 Å². The van der Waals surface area contributed by atoms with Gasteiger partial charge < -0.3 is 30.6 Å². The Labute approximate surface area is 225 Å². The predicted molar refractivity (Wildman–Crippen MR) is 143 cm³/mol. The number of nitrogen functional groups attached to an aromatic ring is 1. The molecule has 8 nitrogen and oxygen atoms in total. The third kappa shape index (κ3) is 6.30. The lowest BCUT2D eigenvalue weighted by Crippen LogP contribution is -2.40. The maximum Gasteiger partial charge on any atom is 0.416 e. The molecule has 39 heavy (non-hydrogen) atoms. The molecule has 11 heteroatoms. The normalized spacial score (nSPS) is 19.5. The molecule has 2 fully saturated rings. The molecule has 3 aromatic rings. The van der Waals surface area contributed by atoms with Crippen LogP contribution in [0.15, 0.2) is 30.3 Å². The average Bonchev–Trinajstić information content (AvgIpc) is 3.66. The summed E-state index contributed by atoms with van der Waals surface area (Å²) in [5.74, 6) is 2.10. The fourth-order valence-electron chi connectivity index (χ4n) is 5.06. The first kappa shape index (κ1) is 27.3. The number of aryl methyl sites for hydroxylation is 1. The van der Waals surface area contributed by atoms with E-state index in [1.807, 2.05) is 6.07 Å². The zero-order chi connectivity index (χ0) is 27.8. The maximum atomic E-state index is 13.4. The number of anilines is 2. The fourth-order valence-corrected chi connectivity index (χ4v) is 5.06. The topological polar surface area (TPSA) is 104 Å². The van der Waals surface area contributed by atoms with Gasteiger partial charge in [0.25, 0.3) is 0 Å². The maximum absolute atomic E-state index is 13.4. The van der Waals surface area contributed by atoms with E-state index in [1.165, 1.54) is 6.07 Å². The van der Waals surface area contributed by atoms with Crippen LogP contribution in [0.1, 0.15) is 49.2 Å². The van der Waals surface area contributed by atoms with Crippen molar-refractivity contribution in [2.24, 2.45) is 5.41 Å². The number of fused-ring (bicyclic) bond motifs is 1. The average molecular weight is 546 g/mol. The number of nitrogens with two attached hydrogens (primary N) is 1. The van der Waals surface area contributed by atoms with Gasteiger partial charge in [-0.05, 0) is 62.9 Å². The van der Waals surface area contributed by atoms with E-state index in [4.69, 9.17) is 19.9 Å². The first-order valence-corrected chi connectivity index (χ1v) is 13.1. The van der Waals surface area contributed by atoms with Gasteiger partial charge in [-0.2, -0.15) is 13.2 Å². The second kappa shape index (κ2) is 10.7. The molecule has 1 aliphatic heterocycles. The minimum Gasteiger partial charge on any atom is -0.493 e. The van der Waals surface area contributed by atoms with Gasteiger partial charge in [0, 0.05) is 35.6 Å². The second-order valence-corrected chi connectivity index (χ2v) is 10.6. The summed E-state index contributed by atoms with van der Waals surface area (Å²) in [5, 5.41) is 7.31. The SMILES string of the molecule is COc1cc2nc(C)nc(NC(C)c3cc(N)cc(C(F)(F)F)c3)c2cc1OCC1(C[C@@H]2CNCCO2)CC1. The van der Waals surface area contributed by atoms with Crippen LogP contribution in [0.25, 0.3) is 10.9 Å². The molecule has 0 bridgehead atoms. The van der Waals surface area contributed by atoms with E-state index in [0.717, 1.165) is 51.1 Å². The van der Waals surface area contributed by atoms with Crippen LogP contribution in [0.3, 0.4) is 0 Å². The number of nitrogens with zero attached hydrogens (tertiary/aromatic N) is 2. The molecule has 0 amide bonds. The molecule has 1 aliphatic carbocycles. The summed E-state index contributed by atoms with van der Waals surface area (Å²) in [6, 6.07) is 6.67. The smallest absolute Gasteiger partial charge is 0.416 e. The summed E-state index contributed by atoms with van der Waals surface area (Å²) < 4.78 is 58.0. The molecule has 2 heterocycles. The predicted octanol–water partition coefficient (Wildman–Crippen LogP) is 5.26. The molecular weight excluding hydrogens is 511 g/mol. The Balaban J connectivity index is 1.40. The van der Waals surface area contributed by atoms with Gasteiger partial charge in [0.15, 0.2) is 11.5 Å². The summed E-state index contributed by atoms with van der Waals surface area (Å²) in [6.07, 6.45) is -1.22. The number of alkyl halides is 3. The van der Waals surface area contributed by atoms with Crippen molar-refractivity contribution in [3.8, 4) is 11.5 Å². The summed E-state index contributed by atoms with van der Waals surface area (Å²) in [4.78, 5) is 9.11. The molecule has 1 unspecified atom stereocenters. The number of halogens is 3. The molecule has 1 aromatic heterocycles. The van der Waals surface area contributed by atoms with Crippen LogP contribution in [0.4, 0.5) is 24.7 Å². The van der Waals surface area contributed by atoms with E-state index < -0.39 is 17.8 Å². The zero-order valence-corrected chi connectivity index (χ0v) is 22.3. The molecule has 1 saturated carbocycles. The lowest BCUT2D eigenvalue weighted by Gasteiger charge is -2.27. The Bertz CT molecular complexity index is 1340. The van der Waals surface area contributed by atoms with Gasteiger partial charge in [0.1, 0.15) is 11.6 Å². The molecule has 0 spiro atoms. The Kier molecular flexibility index (Phi) is 7.47. The molecule has 1 saturated heterocycles. The van der Waals surface area contributed by atoms with E-state index in [2.05, 4.69) is 20.6 Å². The van der Waals surface area contributed by atoms with Crippen molar-refractivity contribution < 1.29 is 27.4 Å². The van der Waals surface area contributed by atoms with Crippen LogP contribution in [0.2, 0.25) is 0 Å². The van der Waals surface area contributed by atoms with Crippen LogP contribution >= 0.6 is 0 Å². The standard InChI is InChI=1S/C28H34F3N5O3/c1-16(18-8-19(28(29,30)31)10-20(32)9-18)34-26-22-11-25(24(37-3)12-23(22)35-17(2)36-26)39-15-27(4-5-27)13-21-14-33-6-7-38-21/h8-12,16,21,33H,4-7,13-15,32H2,1-3H3,(H,34,35,36)/t16?,21-/m1/s1. The highest BCUT2D eigenvalue weighted by atomic mass is 19.4. The number of hydrogen-bond donors (Lipinski definition) is 3. The van der Waals surface area contributed by atoms with E-state index in [-0.39, 0.29) is 17.2 Å². The van der Waals surface area contributed by atoms with Crippen molar-refractivity contribution in [2.75, 3.05) is 44.5 Å². The molecule has 0 radical (unpaired) electrons. The molecule has 210 valence electrons. The van der Waals surface area contributed by atoms with Crippen LogP contribution in [0.5, 0.6) is 11.5 Å². The lowest BCUT2D eigenvalue weighted by atomic mass is 9.99. The van der Waals surface area contributed by atoms with Crippen molar-refractivity contribution >= 4 is 22.4 Å². The molecule has 2 aliphatic rings. The number of aromatic nitrogens is 2.